The van der Waals surface area contributed by atoms with Gasteiger partial charge in [-0.2, -0.15) is 0 Å². The summed E-state index contributed by atoms with van der Waals surface area (Å²) in [6, 6.07) is 0. The predicted molar refractivity (Wildman–Crippen MR) is 112 cm³/mol. The van der Waals surface area contributed by atoms with E-state index in [1.807, 2.05) is 0 Å². The molecule has 154 valence electrons. The Hall–Kier alpha value is -1.09. The smallest absolute Gasteiger partial charge is 0.303 e. The van der Waals surface area contributed by atoms with Crippen molar-refractivity contribution in [2.24, 2.45) is 23.7 Å². The Morgan fingerprint density at radius 2 is 1.78 bits per heavy atom. The molecule has 0 aromatic carbocycles. The standard InChI is InChI=1S/C24H40O3/c1-4-5-10-18(2)19(3)16-27-17-23-21-14-13-20(15-21)22(23)11-8-6-7-9-12-24(25)26/h6,8,20-23H,4-5,7,9-17H2,1-3H3,(H,25,26)/t20-,21+,22-,23+/m0/s1. The molecule has 0 amide bonds. The topological polar surface area (TPSA) is 46.5 Å². The third-order valence-corrected chi connectivity index (χ3v) is 6.87. The van der Waals surface area contributed by atoms with Gasteiger partial charge in [-0.3, -0.25) is 4.79 Å². The van der Waals surface area contributed by atoms with Crippen LogP contribution in [-0.4, -0.2) is 24.3 Å². The average Bonchev–Trinajstić information content (AvgIpc) is 3.24. The number of carbonyl (C=O) groups is 1. The molecule has 0 aromatic heterocycles. The molecule has 0 saturated heterocycles. The molecular formula is C24H40O3. The molecule has 2 rings (SSSR count). The molecule has 3 nitrogen and oxygen atoms in total. The number of ether oxygens (including phenoxy) is 1. The Morgan fingerprint density at radius 1 is 1.04 bits per heavy atom. The fourth-order valence-corrected chi connectivity index (χ4v) is 5.03. The van der Waals surface area contributed by atoms with Gasteiger partial charge in [0.25, 0.3) is 0 Å². The number of aliphatic carboxylic acids is 1. The summed E-state index contributed by atoms with van der Waals surface area (Å²) in [5, 5.41) is 8.71. The molecule has 0 heterocycles. The third kappa shape index (κ3) is 7.10. The minimum Gasteiger partial charge on any atom is -0.481 e. The number of rotatable bonds is 13. The Kier molecular flexibility index (Phi) is 9.61. The van der Waals surface area contributed by atoms with Gasteiger partial charge in [-0.25, -0.2) is 0 Å². The number of fused-ring (bicyclic) bond motifs is 2. The van der Waals surface area contributed by atoms with Gasteiger partial charge in [-0.1, -0.05) is 31.1 Å². The Balaban J connectivity index is 1.75. The maximum Gasteiger partial charge on any atom is 0.303 e. The van der Waals surface area contributed by atoms with Crippen LogP contribution in [-0.2, 0) is 9.53 Å². The first-order chi connectivity index (χ1) is 13.0. The summed E-state index contributed by atoms with van der Waals surface area (Å²) in [5.41, 5.74) is 2.92. The highest BCUT2D eigenvalue weighted by atomic mass is 16.5. The second kappa shape index (κ2) is 11.7. The van der Waals surface area contributed by atoms with Crippen LogP contribution in [0.4, 0.5) is 0 Å². The lowest BCUT2D eigenvalue weighted by Gasteiger charge is -2.30. The predicted octanol–water partition coefficient (Wildman–Crippen LogP) is 6.39. The van der Waals surface area contributed by atoms with E-state index in [0.717, 1.165) is 56.1 Å². The molecular weight excluding hydrogens is 336 g/mol. The maximum atomic E-state index is 10.6. The molecule has 0 aromatic rings. The lowest BCUT2D eigenvalue weighted by molar-refractivity contribution is -0.137. The molecule has 0 unspecified atom stereocenters. The minimum absolute atomic E-state index is 0.277. The lowest BCUT2D eigenvalue weighted by Crippen LogP contribution is -2.26. The van der Waals surface area contributed by atoms with Crippen molar-refractivity contribution in [3.8, 4) is 0 Å². The number of carboxylic acid groups (broad SMARTS) is 1. The Labute approximate surface area is 166 Å². The van der Waals surface area contributed by atoms with Gasteiger partial charge in [-0.15, -0.1) is 0 Å². The van der Waals surface area contributed by atoms with E-state index >= 15 is 0 Å². The summed E-state index contributed by atoms with van der Waals surface area (Å²) >= 11 is 0. The van der Waals surface area contributed by atoms with E-state index < -0.39 is 5.97 Å². The molecule has 27 heavy (non-hydrogen) atoms. The van der Waals surface area contributed by atoms with E-state index in [1.54, 1.807) is 0 Å². The fourth-order valence-electron chi connectivity index (χ4n) is 5.03. The molecule has 2 aliphatic carbocycles. The molecule has 0 aliphatic heterocycles. The van der Waals surface area contributed by atoms with Crippen LogP contribution < -0.4 is 0 Å². The number of hydrogen-bond donors (Lipinski definition) is 1. The average molecular weight is 377 g/mol. The van der Waals surface area contributed by atoms with Crippen LogP contribution in [0.15, 0.2) is 23.3 Å². The number of carboxylic acids is 1. The van der Waals surface area contributed by atoms with Gasteiger partial charge < -0.3 is 9.84 Å². The van der Waals surface area contributed by atoms with E-state index in [-0.39, 0.29) is 6.42 Å². The minimum atomic E-state index is -0.692. The van der Waals surface area contributed by atoms with Gasteiger partial charge in [0.2, 0.25) is 0 Å². The molecule has 4 atom stereocenters. The highest BCUT2D eigenvalue weighted by Crippen LogP contribution is 2.53. The van der Waals surface area contributed by atoms with Gasteiger partial charge in [0.05, 0.1) is 13.2 Å². The van der Waals surface area contributed by atoms with Crippen LogP contribution in [0.1, 0.15) is 85.0 Å². The zero-order valence-corrected chi connectivity index (χ0v) is 17.7. The summed E-state index contributed by atoms with van der Waals surface area (Å²) < 4.78 is 6.19. The second-order valence-electron chi connectivity index (χ2n) is 8.83. The van der Waals surface area contributed by atoms with Crippen LogP contribution >= 0.6 is 0 Å². The monoisotopic (exact) mass is 376 g/mol. The quantitative estimate of drug-likeness (QED) is 0.299. The zero-order valence-electron chi connectivity index (χ0n) is 17.7. The first-order valence-electron chi connectivity index (χ1n) is 11.1. The van der Waals surface area contributed by atoms with E-state index in [2.05, 4.69) is 32.9 Å². The van der Waals surface area contributed by atoms with E-state index in [0.29, 0.717) is 0 Å². The van der Waals surface area contributed by atoms with E-state index in [9.17, 15) is 4.79 Å². The van der Waals surface area contributed by atoms with Gasteiger partial charge >= 0.3 is 5.97 Å². The van der Waals surface area contributed by atoms with Gasteiger partial charge in [-0.05, 0) is 94.5 Å². The first-order valence-corrected chi connectivity index (χ1v) is 11.1. The van der Waals surface area contributed by atoms with Gasteiger partial charge in [0.1, 0.15) is 0 Å². The van der Waals surface area contributed by atoms with Crippen molar-refractivity contribution >= 4 is 5.97 Å². The molecule has 2 saturated carbocycles. The van der Waals surface area contributed by atoms with Crippen molar-refractivity contribution in [1.29, 1.82) is 0 Å². The number of hydrogen-bond acceptors (Lipinski definition) is 2. The summed E-state index contributed by atoms with van der Waals surface area (Å²) in [6.07, 6.45) is 15.5. The van der Waals surface area contributed by atoms with Crippen LogP contribution in [0.25, 0.3) is 0 Å². The van der Waals surface area contributed by atoms with Crippen LogP contribution in [0, 0.1) is 23.7 Å². The molecule has 3 heteroatoms. The summed E-state index contributed by atoms with van der Waals surface area (Å²) in [5.74, 6) is 2.55. The zero-order chi connectivity index (χ0) is 19.6. The molecule has 0 radical (unpaired) electrons. The van der Waals surface area contributed by atoms with Crippen LogP contribution in [0.5, 0.6) is 0 Å². The molecule has 1 N–H and O–H groups in total. The summed E-state index contributed by atoms with van der Waals surface area (Å²) in [6.45, 7) is 8.43. The largest absolute Gasteiger partial charge is 0.481 e. The van der Waals surface area contributed by atoms with Gasteiger partial charge in [0.15, 0.2) is 0 Å². The van der Waals surface area contributed by atoms with Crippen molar-refractivity contribution in [3.05, 3.63) is 23.3 Å². The van der Waals surface area contributed by atoms with Crippen molar-refractivity contribution in [2.75, 3.05) is 13.2 Å². The van der Waals surface area contributed by atoms with Crippen LogP contribution in [0.3, 0.4) is 0 Å². The van der Waals surface area contributed by atoms with Gasteiger partial charge in [0, 0.05) is 6.42 Å². The van der Waals surface area contributed by atoms with Crippen molar-refractivity contribution in [2.45, 2.75) is 85.0 Å². The lowest BCUT2D eigenvalue weighted by atomic mass is 9.78. The second-order valence-corrected chi connectivity index (χ2v) is 8.83. The molecule has 2 bridgehead atoms. The number of allylic oxidation sites excluding steroid dienone is 3. The third-order valence-electron chi connectivity index (χ3n) is 6.87. The van der Waals surface area contributed by atoms with Crippen molar-refractivity contribution in [3.63, 3.8) is 0 Å². The number of unbranched alkanes of at least 4 members (excludes halogenated alkanes) is 2. The Morgan fingerprint density at radius 3 is 2.48 bits per heavy atom. The molecule has 2 aliphatic rings. The maximum absolute atomic E-state index is 10.6. The fraction of sp³-hybridized carbons (Fsp3) is 0.792. The van der Waals surface area contributed by atoms with Crippen LogP contribution in [0.2, 0.25) is 0 Å². The highest BCUT2D eigenvalue weighted by molar-refractivity contribution is 5.66. The first kappa shape index (κ1) is 22.2. The van der Waals surface area contributed by atoms with Crippen molar-refractivity contribution < 1.29 is 14.6 Å². The molecule has 2 fully saturated rings. The van der Waals surface area contributed by atoms with Crippen molar-refractivity contribution in [1.82, 2.24) is 0 Å². The summed E-state index contributed by atoms with van der Waals surface area (Å²) in [4.78, 5) is 10.6. The normalized spacial score (nSPS) is 28.1. The molecule has 0 spiro atoms. The highest BCUT2D eigenvalue weighted by Gasteiger charge is 2.46. The summed E-state index contributed by atoms with van der Waals surface area (Å²) in [7, 11) is 0. The van der Waals surface area contributed by atoms with E-state index in [1.165, 1.54) is 49.7 Å². The van der Waals surface area contributed by atoms with E-state index in [4.69, 9.17) is 9.84 Å². The Bertz CT molecular complexity index is 520. The SMILES string of the molecule is CCCCC(C)=C(C)COC[C@@H]1[C@@H]2CC[C@@H](C2)[C@@H]1CC=CCCCC(=O)O.